The summed E-state index contributed by atoms with van der Waals surface area (Å²) in [4.78, 5) is 29.6. The molecule has 3 aromatic rings. The van der Waals surface area contributed by atoms with Crippen molar-refractivity contribution in [2.45, 2.75) is 12.3 Å². The number of fused-ring (bicyclic) bond motifs is 2. The quantitative estimate of drug-likeness (QED) is 0.742. The molecule has 2 aromatic carbocycles. The number of rotatable bonds is 2. The summed E-state index contributed by atoms with van der Waals surface area (Å²) in [6, 6.07) is 11.5. The molecule has 0 bridgehead atoms. The number of pyridine rings is 1. The third-order valence-corrected chi connectivity index (χ3v) is 5.38. The van der Waals surface area contributed by atoms with Crippen LogP contribution in [0.4, 0.5) is 4.39 Å². The first-order valence-corrected chi connectivity index (χ1v) is 9.10. The summed E-state index contributed by atoms with van der Waals surface area (Å²) < 4.78 is 24.1. The van der Waals surface area contributed by atoms with Crippen LogP contribution in [0.25, 0.3) is 10.9 Å². The Kier molecular flexibility index (Phi) is 3.82. The third kappa shape index (κ3) is 2.79. The second-order valence-corrected chi connectivity index (χ2v) is 7.09. The second kappa shape index (κ2) is 6.37. The van der Waals surface area contributed by atoms with Gasteiger partial charge in [-0.25, -0.2) is 4.39 Å². The van der Waals surface area contributed by atoms with Crippen LogP contribution in [0.1, 0.15) is 28.3 Å². The number of hydrogen-bond donors (Lipinski definition) is 1. The molecule has 2 aliphatic heterocycles. The van der Waals surface area contributed by atoms with Crippen molar-refractivity contribution in [3.63, 3.8) is 0 Å². The predicted octanol–water partition coefficient (Wildman–Crippen LogP) is 3.03. The second-order valence-electron chi connectivity index (χ2n) is 7.09. The minimum Gasteiger partial charge on any atom is -0.454 e. The van der Waals surface area contributed by atoms with Gasteiger partial charge in [-0.05, 0) is 53.8 Å². The normalized spacial score (nSPS) is 18.0. The van der Waals surface area contributed by atoms with E-state index in [4.69, 9.17) is 9.47 Å². The van der Waals surface area contributed by atoms with E-state index < -0.39 is 11.4 Å². The van der Waals surface area contributed by atoms with Crippen LogP contribution >= 0.6 is 0 Å². The summed E-state index contributed by atoms with van der Waals surface area (Å²) in [5.74, 6) is 0.880. The van der Waals surface area contributed by atoms with Gasteiger partial charge in [-0.2, -0.15) is 0 Å². The zero-order valence-electron chi connectivity index (χ0n) is 14.9. The zero-order chi connectivity index (χ0) is 19.3. The number of aromatic amines is 1. The molecule has 0 radical (unpaired) electrons. The molecule has 7 heteroatoms. The number of carbonyl (C=O) groups is 1. The molecule has 2 aliphatic rings. The maximum absolute atomic E-state index is 13.3. The minimum atomic E-state index is -0.505. The van der Waals surface area contributed by atoms with Crippen molar-refractivity contribution in [2.75, 3.05) is 19.9 Å². The van der Waals surface area contributed by atoms with Crippen LogP contribution in [-0.4, -0.2) is 35.7 Å². The Bertz CT molecular complexity index is 1160. The summed E-state index contributed by atoms with van der Waals surface area (Å²) in [7, 11) is 0. The maximum Gasteiger partial charge on any atom is 0.261 e. The van der Waals surface area contributed by atoms with Crippen molar-refractivity contribution in [1.82, 2.24) is 9.88 Å². The van der Waals surface area contributed by atoms with Crippen molar-refractivity contribution in [1.29, 1.82) is 0 Å². The van der Waals surface area contributed by atoms with E-state index in [1.807, 2.05) is 18.2 Å². The predicted molar refractivity (Wildman–Crippen MR) is 100 cm³/mol. The maximum atomic E-state index is 13.3. The molecule has 0 spiro atoms. The first-order chi connectivity index (χ1) is 13.6. The number of H-pyrrole nitrogens is 1. The van der Waals surface area contributed by atoms with E-state index in [1.165, 1.54) is 18.2 Å². The zero-order valence-corrected chi connectivity index (χ0v) is 14.9. The standard InChI is InChI=1S/C21H17FN2O4/c22-15-3-1-13-7-16(20(25)23-17(13)9-15)21(26)24-6-5-14(10-24)12-2-4-18-19(8-12)28-11-27-18/h1-4,7-9,14H,5-6,10-11H2,(H,23,25). The van der Waals surface area contributed by atoms with Crippen molar-refractivity contribution in [3.8, 4) is 11.5 Å². The Labute approximate surface area is 159 Å². The Balaban J connectivity index is 1.39. The molecule has 1 atom stereocenters. The highest BCUT2D eigenvalue weighted by Crippen LogP contribution is 2.37. The molecule has 1 unspecified atom stereocenters. The molecule has 28 heavy (non-hydrogen) atoms. The lowest BCUT2D eigenvalue weighted by Gasteiger charge is -2.17. The topological polar surface area (TPSA) is 71.6 Å². The highest BCUT2D eigenvalue weighted by molar-refractivity contribution is 5.97. The summed E-state index contributed by atoms with van der Waals surface area (Å²) in [6.45, 7) is 1.32. The van der Waals surface area contributed by atoms with E-state index in [1.54, 1.807) is 11.0 Å². The average molecular weight is 380 g/mol. The van der Waals surface area contributed by atoms with Gasteiger partial charge < -0.3 is 19.4 Å². The van der Waals surface area contributed by atoms with E-state index in [-0.39, 0.29) is 24.2 Å². The molecule has 1 saturated heterocycles. The Hall–Kier alpha value is -3.35. The molecular formula is C21H17FN2O4. The van der Waals surface area contributed by atoms with Gasteiger partial charge in [0.2, 0.25) is 6.79 Å². The van der Waals surface area contributed by atoms with Crippen LogP contribution in [0, 0.1) is 5.82 Å². The molecule has 1 amide bonds. The number of nitrogens with zero attached hydrogens (tertiary/aromatic N) is 1. The lowest BCUT2D eigenvalue weighted by molar-refractivity contribution is 0.0789. The summed E-state index contributed by atoms with van der Waals surface area (Å²) in [5.41, 5.74) is 1.03. The van der Waals surface area contributed by atoms with Crippen LogP contribution in [0.5, 0.6) is 11.5 Å². The molecule has 0 aliphatic carbocycles. The fourth-order valence-corrected chi connectivity index (χ4v) is 3.89. The van der Waals surface area contributed by atoms with E-state index >= 15 is 0 Å². The Morgan fingerprint density at radius 1 is 1.11 bits per heavy atom. The molecule has 1 fully saturated rings. The van der Waals surface area contributed by atoms with E-state index in [0.29, 0.717) is 24.0 Å². The number of likely N-dealkylation sites (tertiary alicyclic amines) is 1. The first-order valence-electron chi connectivity index (χ1n) is 9.10. The van der Waals surface area contributed by atoms with Crippen molar-refractivity contribution < 1.29 is 18.7 Å². The molecule has 5 rings (SSSR count). The molecule has 0 saturated carbocycles. The number of amides is 1. The largest absolute Gasteiger partial charge is 0.454 e. The van der Waals surface area contributed by atoms with Crippen molar-refractivity contribution >= 4 is 16.8 Å². The summed E-state index contributed by atoms with van der Waals surface area (Å²) >= 11 is 0. The first kappa shape index (κ1) is 16.8. The molecular weight excluding hydrogens is 363 g/mol. The average Bonchev–Trinajstić information content (AvgIpc) is 3.35. The number of aromatic nitrogens is 1. The highest BCUT2D eigenvalue weighted by atomic mass is 19.1. The van der Waals surface area contributed by atoms with Crippen LogP contribution in [0.2, 0.25) is 0 Å². The van der Waals surface area contributed by atoms with Gasteiger partial charge in [0.15, 0.2) is 11.5 Å². The van der Waals surface area contributed by atoms with Gasteiger partial charge in [-0.1, -0.05) is 6.07 Å². The fourth-order valence-electron chi connectivity index (χ4n) is 3.89. The molecule has 1 N–H and O–H groups in total. The molecule has 1 aromatic heterocycles. The van der Waals surface area contributed by atoms with Gasteiger partial charge in [0.05, 0.1) is 5.52 Å². The Morgan fingerprint density at radius 2 is 1.96 bits per heavy atom. The lowest BCUT2D eigenvalue weighted by Crippen LogP contribution is -2.33. The van der Waals surface area contributed by atoms with Crippen LogP contribution in [-0.2, 0) is 0 Å². The van der Waals surface area contributed by atoms with Gasteiger partial charge in [-0.3, -0.25) is 9.59 Å². The number of nitrogens with one attached hydrogen (secondary N) is 1. The van der Waals surface area contributed by atoms with E-state index in [9.17, 15) is 14.0 Å². The van der Waals surface area contributed by atoms with Crippen molar-refractivity contribution in [3.05, 3.63) is 69.8 Å². The molecule has 142 valence electrons. The number of hydrogen-bond acceptors (Lipinski definition) is 4. The Morgan fingerprint density at radius 3 is 2.86 bits per heavy atom. The number of benzene rings is 2. The van der Waals surface area contributed by atoms with Crippen LogP contribution in [0.15, 0.2) is 47.3 Å². The summed E-state index contributed by atoms with van der Waals surface area (Å²) in [5, 5.41) is 0.621. The van der Waals surface area contributed by atoms with Gasteiger partial charge in [-0.15, -0.1) is 0 Å². The smallest absolute Gasteiger partial charge is 0.261 e. The highest BCUT2D eigenvalue weighted by Gasteiger charge is 2.30. The van der Waals surface area contributed by atoms with Crippen molar-refractivity contribution in [2.24, 2.45) is 0 Å². The van der Waals surface area contributed by atoms with E-state index in [2.05, 4.69) is 4.98 Å². The fraction of sp³-hybridized carbons (Fsp3) is 0.238. The van der Waals surface area contributed by atoms with Gasteiger partial charge in [0.1, 0.15) is 11.4 Å². The van der Waals surface area contributed by atoms with Gasteiger partial charge >= 0.3 is 0 Å². The molecule has 3 heterocycles. The van der Waals surface area contributed by atoms with Crippen LogP contribution in [0.3, 0.4) is 0 Å². The molecule has 6 nitrogen and oxygen atoms in total. The van der Waals surface area contributed by atoms with Crippen LogP contribution < -0.4 is 15.0 Å². The lowest BCUT2D eigenvalue weighted by atomic mass is 9.98. The minimum absolute atomic E-state index is 0.0745. The van der Waals surface area contributed by atoms with E-state index in [0.717, 1.165) is 23.5 Å². The summed E-state index contributed by atoms with van der Waals surface area (Å²) in [6.07, 6.45) is 0.808. The van der Waals surface area contributed by atoms with Gasteiger partial charge in [0.25, 0.3) is 11.5 Å². The monoisotopic (exact) mass is 380 g/mol. The number of ether oxygens (including phenoxy) is 2. The SMILES string of the molecule is O=C(c1cc2ccc(F)cc2[nH]c1=O)N1CCC(c2ccc3c(c2)OCO3)C1. The third-order valence-electron chi connectivity index (χ3n) is 5.38. The van der Waals surface area contributed by atoms with Gasteiger partial charge in [0, 0.05) is 19.0 Å². The number of carbonyl (C=O) groups excluding carboxylic acids is 1. The number of halogens is 1.